The Morgan fingerprint density at radius 2 is 1.47 bits per heavy atom. The van der Waals surface area contributed by atoms with Gasteiger partial charge in [0.05, 0.1) is 24.8 Å². The second kappa shape index (κ2) is 15.8. The Kier molecular flexibility index (Phi) is 11.9. The second-order valence-corrected chi connectivity index (χ2v) is 13.7. The van der Waals surface area contributed by atoms with E-state index in [-0.39, 0.29) is 41.2 Å². The lowest BCUT2D eigenvalue weighted by Crippen LogP contribution is -2.54. The molecule has 0 fully saturated rings. The molecule has 0 aromatic heterocycles. The van der Waals surface area contributed by atoms with Crippen molar-refractivity contribution < 1.29 is 27.5 Å². The first-order chi connectivity index (χ1) is 22.4. The molecule has 4 rings (SSSR count). The normalized spacial score (nSPS) is 11.9. The van der Waals surface area contributed by atoms with Gasteiger partial charge >= 0.3 is 0 Å². The van der Waals surface area contributed by atoms with E-state index in [1.807, 2.05) is 51.1 Å². The molecule has 0 saturated heterocycles. The van der Waals surface area contributed by atoms with E-state index in [0.29, 0.717) is 10.8 Å². The SMILES string of the molecule is COc1ccc(S(=O)(=O)N(CC(=O)N(Cc2ccc(Cl)cc2)C(Cc2ccccc2)C(=O)NC(C)C)c2ccc(C)cc2)cc1OC. The lowest BCUT2D eigenvalue weighted by Gasteiger charge is -2.34. The van der Waals surface area contributed by atoms with Crippen LogP contribution in [0.15, 0.2) is 102 Å². The number of methoxy groups -OCH3 is 2. The van der Waals surface area contributed by atoms with Gasteiger partial charge in [0.1, 0.15) is 12.6 Å². The smallest absolute Gasteiger partial charge is 0.264 e. The first-order valence-electron chi connectivity index (χ1n) is 15.1. The van der Waals surface area contributed by atoms with Crippen LogP contribution in [0.5, 0.6) is 11.5 Å². The van der Waals surface area contributed by atoms with Crippen LogP contribution in [-0.4, -0.2) is 58.0 Å². The lowest BCUT2D eigenvalue weighted by molar-refractivity contribution is -0.140. The molecule has 0 aliphatic heterocycles. The van der Waals surface area contributed by atoms with Crippen LogP contribution in [0, 0.1) is 6.92 Å². The summed E-state index contributed by atoms with van der Waals surface area (Å²) in [5, 5.41) is 3.48. The first kappa shape index (κ1) is 35.3. The number of aryl methyl sites for hydroxylation is 1. The number of rotatable bonds is 14. The maximum absolute atomic E-state index is 14.6. The molecule has 0 heterocycles. The molecular weight excluding hydrogens is 638 g/mol. The minimum Gasteiger partial charge on any atom is -0.493 e. The zero-order chi connectivity index (χ0) is 34.1. The van der Waals surface area contributed by atoms with Crippen LogP contribution in [0.2, 0.25) is 5.02 Å². The van der Waals surface area contributed by atoms with Gasteiger partial charge in [-0.25, -0.2) is 8.42 Å². The Morgan fingerprint density at radius 3 is 2.06 bits per heavy atom. The number of ether oxygens (including phenoxy) is 2. The fraction of sp³-hybridized carbons (Fsp3) is 0.278. The third-order valence-corrected chi connectivity index (χ3v) is 9.53. The van der Waals surface area contributed by atoms with Gasteiger partial charge < -0.3 is 19.7 Å². The number of halogens is 1. The van der Waals surface area contributed by atoms with Gasteiger partial charge in [-0.05, 0) is 68.3 Å². The van der Waals surface area contributed by atoms with Crippen molar-refractivity contribution in [2.75, 3.05) is 25.1 Å². The van der Waals surface area contributed by atoms with Crippen LogP contribution in [-0.2, 0) is 32.6 Å². The largest absolute Gasteiger partial charge is 0.493 e. The van der Waals surface area contributed by atoms with Gasteiger partial charge in [0.25, 0.3) is 10.0 Å². The molecule has 1 unspecified atom stereocenters. The van der Waals surface area contributed by atoms with Gasteiger partial charge in [0.15, 0.2) is 11.5 Å². The number of sulfonamides is 1. The number of carbonyl (C=O) groups excluding carboxylic acids is 2. The quantitative estimate of drug-likeness (QED) is 0.175. The zero-order valence-corrected chi connectivity index (χ0v) is 28.7. The molecule has 248 valence electrons. The van der Waals surface area contributed by atoms with E-state index in [1.54, 1.807) is 48.5 Å². The average Bonchev–Trinajstić information content (AvgIpc) is 3.06. The van der Waals surface area contributed by atoms with Gasteiger partial charge in [-0.3, -0.25) is 13.9 Å². The number of anilines is 1. The molecule has 1 N–H and O–H groups in total. The highest BCUT2D eigenvalue weighted by atomic mass is 35.5. The molecule has 47 heavy (non-hydrogen) atoms. The van der Waals surface area contributed by atoms with Crippen LogP contribution in [0.25, 0.3) is 0 Å². The van der Waals surface area contributed by atoms with Gasteiger partial charge in [0, 0.05) is 30.1 Å². The van der Waals surface area contributed by atoms with Crippen LogP contribution in [0.4, 0.5) is 5.69 Å². The number of carbonyl (C=O) groups is 2. The van der Waals surface area contributed by atoms with Crippen LogP contribution in [0.3, 0.4) is 0 Å². The number of amides is 2. The molecule has 0 saturated carbocycles. The number of nitrogens with zero attached hydrogens (tertiary/aromatic N) is 2. The molecule has 4 aromatic carbocycles. The Labute approximate surface area is 282 Å². The van der Waals surface area contributed by atoms with Crippen molar-refractivity contribution >= 4 is 39.1 Å². The third kappa shape index (κ3) is 9.05. The van der Waals surface area contributed by atoms with E-state index in [1.165, 1.54) is 37.3 Å². The minimum atomic E-state index is -4.32. The van der Waals surface area contributed by atoms with Crippen molar-refractivity contribution in [1.29, 1.82) is 0 Å². The highest BCUT2D eigenvalue weighted by Gasteiger charge is 2.35. The third-order valence-electron chi connectivity index (χ3n) is 7.51. The molecule has 2 amide bonds. The molecule has 0 spiro atoms. The predicted octanol–water partition coefficient (Wildman–Crippen LogP) is 6.03. The number of nitrogens with one attached hydrogen (secondary N) is 1. The molecule has 0 radical (unpaired) electrons. The van der Waals surface area contributed by atoms with Gasteiger partial charge in [-0.15, -0.1) is 0 Å². The fourth-order valence-corrected chi connectivity index (χ4v) is 6.62. The van der Waals surface area contributed by atoms with E-state index in [0.717, 1.165) is 21.0 Å². The fourth-order valence-electron chi connectivity index (χ4n) is 5.07. The van der Waals surface area contributed by atoms with Crippen LogP contribution < -0.4 is 19.1 Å². The summed E-state index contributed by atoms with van der Waals surface area (Å²) in [6.07, 6.45) is 0.214. The summed E-state index contributed by atoms with van der Waals surface area (Å²) in [6, 6.07) is 26.3. The predicted molar refractivity (Wildman–Crippen MR) is 184 cm³/mol. The second-order valence-electron chi connectivity index (χ2n) is 11.4. The number of hydrogen-bond donors (Lipinski definition) is 1. The van der Waals surface area contributed by atoms with E-state index >= 15 is 0 Å². The lowest BCUT2D eigenvalue weighted by atomic mass is 10.0. The van der Waals surface area contributed by atoms with Crippen molar-refractivity contribution in [3.63, 3.8) is 0 Å². The summed E-state index contributed by atoms with van der Waals surface area (Å²) in [7, 11) is -1.45. The summed E-state index contributed by atoms with van der Waals surface area (Å²) < 4.78 is 40.4. The van der Waals surface area contributed by atoms with Crippen LogP contribution >= 0.6 is 11.6 Å². The van der Waals surface area contributed by atoms with Crippen LogP contribution in [0.1, 0.15) is 30.5 Å². The molecule has 1 atom stereocenters. The number of hydrogen-bond acceptors (Lipinski definition) is 6. The minimum absolute atomic E-state index is 0.0389. The maximum Gasteiger partial charge on any atom is 0.264 e. The highest BCUT2D eigenvalue weighted by Crippen LogP contribution is 2.32. The summed E-state index contributed by atoms with van der Waals surface area (Å²) >= 11 is 6.15. The Bertz CT molecular complexity index is 1770. The summed E-state index contributed by atoms with van der Waals surface area (Å²) in [6.45, 7) is 5.04. The van der Waals surface area contributed by atoms with E-state index in [2.05, 4.69) is 5.32 Å². The average molecular weight is 678 g/mol. The molecule has 0 aliphatic rings. The maximum atomic E-state index is 14.6. The zero-order valence-electron chi connectivity index (χ0n) is 27.1. The van der Waals surface area contributed by atoms with Crippen molar-refractivity contribution in [2.45, 2.75) is 50.7 Å². The summed E-state index contributed by atoms with van der Waals surface area (Å²) in [4.78, 5) is 29.7. The molecular formula is C36H40ClN3O6S. The van der Waals surface area contributed by atoms with Gasteiger partial charge in [-0.1, -0.05) is 71.8 Å². The topological polar surface area (TPSA) is 105 Å². The van der Waals surface area contributed by atoms with Gasteiger partial charge in [-0.2, -0.15) is 0 Å². The molecule has 0 aliphatic carbocycles. The van der Waals surface area contributed by atoms with Crippen molar-refractivity contribution in [1.82, 2.24) is 10.2 Å². The Balaban J connectivity index is 1.82. The molecule has 0 bridgehead atoms. The van der Waals surface area contributed by atoms with Crippen molar-refractivity contribution in [3.8, 4) is 11.5 Å². The van der Waals surface area contributed by atoms with Crippen molar-refractivity contribution in [2.24, 2.45) is 0 Å². The highest BCUT2D eigenvalue weighted by molar-refractivity contribution is 7.92. The molecule has 9 nitrogen and oxygen atoms in total. The first-order valence-corrected chi connectivity index (χ1v) is 16.9. The summed E-state index contributed by atoms with van der Waals surface area (Å²) in [5.74, 6) is -0.333. The monoisotopic (exact) mass is 677 g/mol. The van der Waals surface area contributed by atoms with Gasteiger partial charge in [0.2, 0.25) is 11.8 Å². The molecule has 4 aromatic rings. The van der Waals surface area contributed by atoms with E-state index < -0.39 is 28.5 Å². The number of benzene rings is 4. The van der Waals surface area contributed by atoms with Crippen molar-refractivity contribution in [3.05, 3.63) is 119 Å². The van der Waals surface area contributed by atoms with E-state index in [9.17, 15) is 18.0 Å². The molecule has 11 heteroatoms. The Hall–Kier alpha value is -4.54. The summed E-state index contributed by atoms with van der Waals surface area (Å²) in [5.41, 5.74) is 2.78. The van der Waals surface area contributed by atoms with E-state index in [4.69, 9.17) is 21.1 Å². The Morgan fingerprint density at radius 1 is 0.830 bits per heavy atom. The standard InChI is InChI=1S/C36H40ClN3O6S/c1-25(2)38-36(42)32(21-27-9-7-6-8-10-27)39(23-28-13-15-29(37)16-14-28)35(41)24-40(30-17-11-26(3)12-18-30)47(43,44)31-19-20-33(45-4)34(22-31)46-5/h6-20,22,25,32H,21,23-24H2,1-5H3,(H,38,42).